The summed E-state index contributed by atoms with van der Waals surface area (Å²) in [5, 5.41) is 3.39. The Morgan fingerprint density at radius 1 is 1.33 bits per heavy atom. The van der Waals surface area contributed by atoms with E-state index in [0.717, 1.165) is 37.3 Å². The average Bonchev–Trinajstić information content (AvgIpc) is 3.15. The van der Waals surface area contributed by atoms with Gasteiger partial charge in [0.05, 0.1) is 5.69 Å². The highest BCUT2D eigenvalue weighted by Gasteiger charge is 2.28. The Morgan fingerprint density at radius 2 is 2.19 bits per heavy atom. The van der Waals surface area contributed by atoms with E-state index in [4.69, 9.17) is 9.07 Å². The number of aromatic nitrogens is 1. The van der Waals surface area contributed by atoms with Crippen LogP contribution in [0.1, 0.15) is 42.3 Å². The molecule has 1 saturated carbocycles. The molecule has 0 amide bonds. The molecule has 0 saturated heterocycles. The van der Waals surface area contributed by atoms with E-state index in [0.29, 0.717) is 19.6 Å². The normalized spacial score (nSPS) is 21.6. The average molecular weight is 284 g/mol. The van der Waals surface area contributed by atoms with E-state index < -0.39 is 0 Å². The highest BCUT2D eigenvalue weighted by molar-refractivity contribution is 6.23. The summed E-state index contributed by atoms with van der Waals surface area (Å²) in [5.41, 5.74) is 2.29. The van der Waals surface area contributed by atoms with Gasteiger partial charge < -0.3 is 14.3 Å². The predicted molar refractivity (Wildman–Crippen MR) is 83.4 cm³/mol. The molecule has 1 N–H and O–H groups in total. The van der Waals surface area contributed by atoms with Gasteiger partial charge in [0.15, 0.2) is 5.89 Å². The molecule has 1 heterocycles. The standard InChI is InChI=1S/C16H21BN2O2/c1-20-17-19-14-8-7-13(10-14)16-18-15(11-21-16)9-12-5-3-2-4-6-12/h2-6,11,13-14,17,19H,7-10H2,1H3. The highest BCUT2D eigenvalue weighted by Crippen LogP contribution is 2.34. The topological polar surface area (TPSA) is 47.3 Å². The molecule has 2 atom stereocenters. The van der Waals surface area contributed by atoms with Crippen LogP contribution in [-0.2, 0) is 11.1 Å². The van der Waals surface area contributed by atoms with Crippen molar-refractivity contribution in [1.82, 2.24) is 10.2 Å². The van der Waals surface area contributed by atoms with Gasteiger partial charge in [-0.1, -0.05) is 30.3 Å². The molecule has 0 radical (unpaired) electrons. The number of nitrogens with one attached hydrogen (secondary N) is 1. The first-order valence-electron chi connectivity index (χ1n) is 7.55. The van der Waals surface area contributed by atoms with Crippen molar-refractivity contribution in [3.8, 4) is 0 Å². The van der Waals surface area contributed by atoms with Crippen LogP contribution in [0.2, 0.25) is 0 Å². The molecule has 4 nitrogen and oxygen atoms in total. The summed E-state index contributed by atoms with van der Waals surface area (Å²) in [5.74, 6) is 1.33. The Morgan fingerprint density at radius 3 is 3.00 bits per heavy atom. The van der Waals surface area contributed by atoms with Crippen LogP contribution in [0.25, 0.3) is 0 Å². The Kier molecular flexibility index (Phi) is 4.73. The maximum Gasteiger partial charge on any atom is 0.360 e. The minimum Gasteiger partial charge on any atom is -0.448 e. The largest absolute Gasteiger partial charge is 0.448 e. The van der Waals surface area contributed by atoms with Crippen LogP contribution in [0.15, 0.2) is 41.0 Å². The van der Waals surface area contributed by atoms with Gasteiger partial charge in [-0.05, 0) is 30.9 Å². The van der Waals surface area contributed by atoms with Crippen molar-refractivity contribution in [2.75, 3.05) is 7.11 Å². The lowest BCUT2D eigenvalue weighted by atomic mass is 10.1. The second-order valence-corrected chi connectivity index (χ2v) is 5.68. The summed E-state index contributed by atoms with van der Waals surface area (Å²) in [6.07, 6.45) is 6.01. The smallest absolute Gasteiger partial charge is 0.360 e. The van der Waals surface area contributed by atoms with Gasteiger partial charge in [0.25, 0.3) is 0 Å². The second kappa shape index (κ2) is 6.92. The zero-order chi connectivity index (χ0) is 14.5. The van der Waals surface area contributed by atoms with E-state index in [1.165, 1.54) is 5.56 Å². The number of hydrogen-bond acceptors (Lipinski definition) is 4. The molecule has 2 aromatic rings. The van der Waals surface area contributed by atoms with Gasteiger partial charge in [-0.2, -0.15) is 0 Å². The van der Waals surface area contributed by atoms with Crippen molar-refractivity contribution in [2.24, 2.45) is 0 Å². The lowest BCUT2D eigenvalue weighted by Crippen LogP contribution is -2.31. The molecule has 1 aliphatic carbocycles. The van der Waals surface area contributed by atoms with E-state index in [-0.39, 0.29) is 0 Å². The molecule has 1 aliphatic rings. The molecule has 21 heavy (non-hydrogen) atoms. The quantitative estimate of drug-likeness (QED) is 0.827. The first-order chi connectivity index (χ1) is 10.3. The molecule has 1 aromatic carbocycles. The maximum atomic E-state index is 5.70. The minimum atomic E-state index is 0.434. The van der Waals surface area contributed by atoms with E-state index in [1.807, 2.05) is 6.07 Å². The van der Waals surface area contributed by atoms with E-state index in [2.05, 4.69) is 34.5 Å². The van der Waals surface area contributed by atoms with Gasteiger partial charge in [0.2, 0.25) is 0 Å². The van der Waals surface area contributed by atoms with Gasteiger partial charge in [-0.3, -0.25) is 0 Å². The first-order valence-corrected chi connectivity index (χ1v) is 7.55. The number of hydrogen-bond donors (Lipinski definition) is 1. The van der Waals surface area contributed by atoms with E-state index in [1.54, 1.807) is 13.4 Å². The van der Waals surface area contributed by atoms with Crippen LogP contribution in [0.4, 0.5) is 0 Å². The molecule has 2 unspecified atom stereocenters. The summed E-state index contributed by atoms with van der Waals surface area (Å²) in [4.78, 5) is 4.68. The first kappa shape index (κ1) is 14.4. The third kappa shape index (κ3) is 3.74. The van der Waals surface area contributed by atoms with Gasteiger partial charge in [-0.15, -0.1) is 0 Å². The Bertz CT molecular complexity index is 558. The van der Waals surface area contributed by atoms with Crippen molar-refractivity contribution in [2.45, 2.75) is 37.6 Å². The fraction of sp³-hybridized carbons (Fsp3) is 0.438. The van der Waals surface area contributed by atoms with Crippen LogP contribution in [0.3, 0.4) is 0 Å². The molecule has 110 valence electrons. The van der Waals surface area contributed by atoms with Crippen molar-refractivity contribution in [1.29, 1.82) is 0 Å². The number of rotatable bonds is 6. The van der Waals surface area contributed by atoms with Crippen molar-refractivity contribution in [3.05, 3.63) is 53.7 Å². The lowest BCUT2D eigenvalue weighted by molar-refractivity contribution is 0.415. The summed E-state index contributed by atoms with van der Waals surface area (Å²) in [6.45, 7) is 0. The molecule has 0 bridgehead atoms. The lowest BCUT2D eigenvalue weighted by Gasteiger charge is -2.09. The summed E-state index contributed by atoms with van der Waals surface area (Å²) >= 11 is 0. The Hall–Kier alpha value is -1.59. The Balaban J connectivity index is 1.58. The fourth-order valence-electron chi connectivity index (χ4n) is 2.99. The monoisotopic (exact) mass is 284 g/mol. The molecule has 5 heteroatoms. The predicted octanol–water partition coefficient (Wildman–Crippen LogP) is 2.40. The molecular formula is C16H21BN2O2. The van der Waals surface area contributed by atoms with Crippen LogP contribution >= 0.6 is 0 Å². The number of benzene rings is 1. The number of nitrogens with zero attached hydrogens (tertiary/aromatic N) is 1. The van der Waals surface area contributed by atoms with Crippen molar-refractivity contribution < 1.29 is 9.07 Å². The van der Waals surface area contributed by atoms with Crippen molar-refractivity contribution in [3.63, 3.8) is 0 Å². The zero-order valence-corrected chi connectivity index (χ0v) is 12.4. The van der Waals surface area contributed by atoms with E-state index in [9.17, 15) is 0 Å². The molecule has 3 rings (SSSR count). The summed E-state index contributed by atoms with van der Waals surface area (Å²) in [6, 6.07) is 10.9. The van der Waals surface area contributed by atoms with Crippen LogP contribution in [-0.4, -0.2) is 25.8 Å². The van der Waals surface area contributed by atoms with Gasteiger partial charge in [0.1, 0.15) is 6.26 Å². The molecule has 0 aliphatic heterocycles. The molecule has 0 spiro atoms. The Labute approximate surface area is 126 Å². The van der Waals surface area contributed by atoms with Crippen LogP contribution in [0, 0.1) is 0 Å². The maximum absolute atomic E-state index is 5.70. The van der Waals surface area contributed by atoms with Crippen LogP contribution in [0.5, 0.6) is 0 Å². The molecule has 1 aromatic heterocycles. The zero-order valence-electron chi connectivity index (χ0n) is 12.4. The van der Waals surface area contributed by atoms with Crippen LogP contribution < -0.4 is 5.23 Å². The number of oxazole rings is 1. The van der Waals surface area contributed by atoms with Gasteiger partial charge in [0, 0.05) is 19.4 Å². The van der Waals surface area contributed by atoms with E-state index >= 15 is 0 Å². The SMILES string of the molecule is COBNC1CCC(c2nc(Cc3ccccc3)co2)C1. The summed E-state index contributed by atoms with van der Waals surface area (Å²) in [7, 11) is 2.33. The van der Waals surface area contributed by atoms with Gasteiger partial charge in [-0.25, -0.2) is 4.98 Å². The third-order valence-electron chi connectivity index (χ3n) is 4.10. The fourth-order valence-corrected chi connectivity index (χ4v) is 2.99. The summed E-state index contributed by atoms with van der Waals surface area (Å²) < 4.78 is 10.8. The third-order valence-corrected chi connectivity index (χ3v) is 4.10. The van der Waals surface area contributed by atoms with Crippen molar-refractivity contribution >= 4 is 7.62 Å². The minimum absolute atomic E-state index is 0.434. The molecule has 1 fully saturated rings. The highest BCUT2D eigenvalue weighted by atomic mass is 16.4. The molecular weight excluding hydrogens is 263 g/mol. The van der Waals surface area contributed by atoms with Gasteiger partial charge >= 0.3 is 7.62 Å². The second-order valence-electron chi connectivity index (χ2n) is 5.68.